The number of likely N-dealkylation sites (tertiary alicyclic amines) is 1. The van der Waals surface area contributed by atoms with Gasteiger partial charge in [0.25, 0.3) is 0 Å². The van der Waals surface area contributed by atoms with Crippen LogP contribution in [0.15, 0.2) is 24.3 Å². The molecule has 1 aromatic carbocycles. The first-order valence-corrected chi connectivity index (χ1v) is 6.91. The van der Waals surface area contributed by atoms with Crippen LogP contribution in [0.3, 0.4) is 0 Å². The molecule has 0 amide bonds. The van der Waals surface area contributed by atoms with E-state index in [1.54, 1.807) is 0 Å². The molecular formula is C15H21N3. The van der Waals surface area contributed by atoms with Gasteiger partial charge in [-0.15, -0.1) is 0 Å². The third-order valence-electron chi connectivity index (χ3n) is 4.20. The fourth-order valence-corrected chi connectivity index (χ4v) is 3.12. The summed E-state index contributed by atoms with van der Waals surface area (Å²) in [6.07, 6.45) is 2.67. The zero-order valence-corrected chi connectivity index (χ0v) is 11.0. The van der Waals surface area contributed by atoms with Gasteiger partial charge in [-0.2, -0.15) is 0 Å². The fourth-order valence-electron chi connectivity index (χ4n) is 3.12. The molecule has 1 atom stereocenters. The summed E-state index contributed by atoms with van der Waals surface area (Å²) in [5.41, 5.74) is 2.42. The second-order valence-electron chi connectivity index (χ2n) is 5.48. The summed E-state index contributed by atoms with van der Waals surface area (Å²) in [4.78, 5) is 4.77. The van der Waals surface area contributed by atoms with E-state index in [1.807, 2.05) is 6.07 Å². The quantitative estimate of drug-likeness (QED) is 0.883. The third-order valence-corrected chi connectivity index (χ3v) is 4.20. The van der Waals surface area contributed by atoms with Crippen LogP contribution >= 0.6 is 0 Å². The van der Waals surface area contributed by atoms with E-state index in [0.717, 1.165) is 18.7 Å². The van der Waals surface area contributed by atoms with E-state index in [0.29, 0.717) is 11.9 Å². The molecule has 2 aliphatic rings. The normalized spacial score (nSPS) is 21.4. The summed E-state index contributed by atoms with van der Waals surface area (Å²) < 4.78 is 0. The molecule has 0 aromatic heterocycles. The summed E-state index contributed by atoms with van der Waals surface area (Å²) in [6, 6.07) is 8.87. The Morgan fingerprint density at radius 2 is 1.94 bits per heavy atom. The lowest BCUT2D eigenvalue weighted by molar-refractivity contribution is 0.215. The molecule has 0 saturated carbocycles. The van der Waals surface area contributed by atoms with Crippen molar-refractivity contribution in [1.29, 1.82) is 5.41 Å². The standard InChI is InChI=1S/C15H21N3/c1-12(17-8-4-5-9-17)10-18-11-13-6-2-3-7-14(13)15(18)16/h2-3,6-7,12,16H,4-5,8-11H2,1H3. The molecular weight excluding hydrogens is 222 g/mol. The van der Waals surface area contributed by atoms with Crippen LogP contribution in [0.25, 0.3) is 0 Å². The SMILES string of the molecule is CC(CN1Cc2ccccc2C1=N)N1CCCC1. The molecule has 3 rings (SSSR count). The van der Waals surface area contributed by atoms with Crippen molar-refractivity contribution in [3.63, 3.8) is 0 Å². The molecule has 0 bridgehead atoms. The van der Waals surface area contributed by atoms with Crippen LogP contribution in [0.4, 0.5) is 0 Å². The molecule has 3 heteroatoms. The van der Waals surface area contributed by atoms with Crippen LogP contribution in [-0.2, 0) is 6.54 Å². The van der Waals surface area contributed by atoms with E-state index in [2.05, 4.69) is 34.9 Å². The highest BCUT2D eigenvalue weighted by molar-refractivity contribution is 6.00. The van der Waals surface area contributed by atoms with Gasteiger partial charge in [0.2, 0.25) is 0 Å². The Balaban J connectivity index is 1.67. The Morgan fingerprint density at radius 3 is 2.67 bits per heavy atom. The summed E-state index contributed by atoms with van der Waals surface area (Å²) in [7, 11) is 0. The highest BCUT2D eigenvalue weighted by Crippen LogP contribution is 2.23. The number of fused-ring (bicyclic) bond motifs is 1. The summed E-state index contributed by atoms with van der Waals surface area (Å²) in [6.45, 7) is 6.65. The zero-order chi connectivity index (χ0) is 12.5. The molecule has 0 aliphatic carbocycles. The maximum absolute atomic E-state index is 8.26. The Hall–Kier alpha value is -1.35. The van der Waals surface area contributed by atoms with E-state index in [-0.39, 0.29) is 0 Å². The molecule has 1 unspecified atom stereocenters. The van der Waals surface area contributed by atoms with Crippen molar-refractivity contribution in [1.82, 2.24) is 9.80 Å². The molecule has 1 N–H and O–H groups in total. The summed E-state index contributed by atoms with van der Waals surface area (Å²) >= 11 is 0. The van der Waals surface area contributed by atoms with Crippen molar-refractivity contribution < 1.29 is 0 Å². The Kier molecular flexibility index (Phi) is 3.08. The van der Waals surface area contributed by atoms with Gasteiger partial charge in [-0.25, -0.2) is 0 Å². The summed E-state index contributed by atoms with van der Waals surface area (Å²) in [5.74, 6) is 0.705. The number of nitrogens with zero attached hydrogens (tertiary/aromatic N) is 2. The van der Waals surface area contributed by atoms with Crippen LogP contribution in [-0.4, -0.2) is 41.3 Å². The number of nitrogens with one attached hydrogen (secondary N) is 1. The first-order chi connectivity index (χ1) is 8.75. The predicted octanol–water partition coefficient (Wildman–Crippen LogP) is 2.31. The van der Waals surface area contributed by atoms with Gasteiger partial charge in [0.05, 0.1) is 0 Å². The van der Waals surface area contributed by atoms with E-state index >= 15 is 0 Å². The van der Waals surface area contributed by atoms with Gasteiger partial charge in [-0.05, 0) is 38.4 Å². The minimum Gasteiger partial charge on any atom is -0.351 e. The fraction of sp³-hybridized carbons (Fsp3) is 0.533. The lowest BCUT2D eigenvalue weighted by Crippen LogP contribution is -2.41. The minimum absolute atomic E-state index is 0.558. The number of benzene rings is 1. The maximum Gasteiger partial charge on any atom is 0.128 e. The lowest BCUT2D eigenvalue weighted by atomic mass is 10.1. The molecule has 3 nitrogen and oxygen atoms in total. The van der Waals surface area contributed by atoms with Crippen molar-refractivity contribution >= 4 is 5.84 Å². The summed E-state index contributed by atoms with van der Waals surface area (Å²) in [5, 5.41) is 8.26. The largest absolute Gasteiger partial charge is 0.351 e. The van der Waals surface area contributed by atoms with Crippen molar-refractivity contribution in [2.45, 2.75) is 32.4 Å². The maximum atomic E-state index is 8.26. The van der Waals surface area contributed by atoms with Gasteiger partial charge >= 0.3 is 0 Å². The van der Waals surface area contributed by atoms with E-state index in [1.165, 1.54) is 31.5 Å². The van der Waals surface area contributed by atoms with Gasteiger partial charge in [0, 0.05) is 24.7 Å². The van der Waals surface area contributed by atoms with E-state index < -0.39 is 0 Å². The van der Waals surface area contributed by atoms with Gasteiger partial charge < -0.3 is 4.90 Å². The second kappa shape index (κ2) is 4.73. The topological polar surface area (TPSA) is 30.3 Å². The Labute approximate surface area is 109 Å². The zero-order valence-electron chi connectivity index (χ0n) is 11.0. The first-order valence-electron chi connectivity index (χ1n) is 6.91. The average molecular weight is 243 g/mol. The number of hydrogen-bond acceptors (Lipinski definition) is 2. The molecule has 18 heavy (non-hydrogen) atoms. The molecule has 2 aliphatic heterocycles. The molecule has 1 aromatic rings. The first kappa shape index (κ1) is 11.7. The molecule has 96 valence electrons. The molecule has 0 radical (unpaired) electrons. The number of hydrogen-bond donors (Lipinski definition) is 1. The molecule has 1 saturated heterocycles. The lowest BCUT2D eigenvalue weighted by Gasteiger charge is -2.29. The van der Waals surface area contributed by atoms with Gasteiger partial charge in [-0.3, -0.25) is 10.3 Å². The monoisotopic (exact) mass is 243 g/mol. The van der Waals surface area contributed by atoms with Crippen molar-refractivity contribution in [3.8, 4) is 0 Å². The van der Waals surface area contributed by atoms with Crippen molar-refractivity contribution in [3.05, 3.63) is 35.4 Å². The van der Waals surface area contributed by atoms with E-state index in [4.69, 9.17) is 5.41 Å². The predicted molar refractivity (Wildman–Crippen MR) is 73.9 cm³/mol. The molecule has 1 fully saturated rings. The Bertz CT molecular complexity index is 449. The van der Waals surface area contributed by atoms with Crippen LogP contribution in [0.1, 0.15) is 30.9 Å². The highest BCUT2D eigenvalue weighted by Gasteiger charge is 2.27. The average Bonchev–Trinajstić information content (AvgIpc) is 3.00. The van der Waals surface area contributed by atoms with Gasteiger partial charge in [0.1, 0.15) is 5.84 Å². The van der Waals surface area contributed by atoms with Crippen molar-refractivity contribution in [2.24, 2.45) is 0 Å². The molecule has 2 heterocycles. The van der Waals surface area contributed by atoms with Gasteiger partial charge in [0.15, 0.2) is 0 Å². The number of rotatable bonds is 3. The van der Waals surface area contributed by atoms with Crippen LogP contribution in [0, 0.1) is 5.41 Å². The smallest absolute Gasteiger partial charge is 0.128 e. The van der Waals surface area contributed by atoms with E-state index in [9.17, 15) is 0 Å². The van der Waals surface area contributed by atoms with Crippen LogP contribution < -0.4 is 0 Å². The van der Waals surface area contributed by atoms with Crippen LogP contribution in [0.5, 0.6) is 0 Å². The minimum atomic E-state index is 0.558. The molecule has 0 spiro atoms. The number of amidine groups is 1. The highest BCUT2D eigenvalue weighted by atomic mass is 15.2. The second-order valence-corrected chi connectivity index (χ2v) is 5.48. The van der Waals surface area contributed by atoms with Gasteiger partial charge in [-0.1, -0.05) is 24.3 Å². The van der Waals surface area contributed by atoms with Crippen LogP contribution in [0.2, 0.25) is 0 Å². The Morgan fingerprint density at radius 1 is 1.22 bits per heavy atom. The third kappa shape index (κ3) is 2.03. The van der Waals surface area contributed by atoms with Crippen molar-refractivity contribution in [2.75, 3.05) is 19.6 Å².